The lowest BCUT2D eigenvalue weighted by atomic mass is 10.1. The molecule has 0 saturated carbocycles. The number of aryl methyl sites for hydroxylation is 2. The van der Waals surface area contributed by atoms with E-state index in [1.54, 1.807) is 51.1 Å². The Morgan fingerprint density at radius 1 is 1.00 bits per heavy atom. The predicted molar refractivity (Wildman–Crippen MR) is 115 cm³/mol. The van der Waals surface area contributed by atoms with Crippen molar-refractivity contribution < 1.29 is 18.9 Å². The Hall–Kier alpha value is -4.27. The first kappa shape index (κ1) is 21.4. The van der Waals surface area contributed by atoms with Crippen LogP contribution in [0, 0.1) is 24.0 Å². The van der Waals surface area contributed by atoms with Crippen molar-refractivity contribution in [1.82, 2.24) is 5.43 Å². The van der Waals surface area contributed by atoms with Crippen molar-refractivity contribution in [2.75, 3.05) is 5.32 Å². The van der Waals surface area contributed by atoms with Crippen LogP contribution in [0.3, 0.4) is 0 Å². The number of nitrogens with zero attached hydrogens (tertiary/aromatic N) is 2. The molecule has 2 aromatic carbocycles. The molecule has 31 heavy (non-hydrogen) atoms. The quantitative estimate of drug-likeness (QED) is 0.351. The molecule has 0 unspecified atom stereocenters. The Labute approximate surface area is 177 Å². The van der Waals surface area contributed by atoms with E-state index in [4.69, 9.17) is 4.42 Å². The van der Waals surface area contributed by atoms with Crippen molar-refractivity contribution in [3.8, 4) is 0 Å². The van der Waals surface area contributed by atoms with Crippen molar-refractivity contribution in [1.29, 1.82) is 0 Å². The zero-order valence-corrected chi connectivity index (χ0v) is 17.1. The SMILES string of the molecule is CC(=NNC(=O)c1ccc([N+](=O)[O-])c(C)c1)c1ccc(NC(=O)c2ccoc2C)cc1. The number of benzene rings is 2. The highest BCUT2D eigenvalue weighted by atomic mass is 16.6. The first-order valence-corrected chi connectivity index (χ1v) is 9.32. The first-order chi connectivity index (χ1) is 14.8. The topological polar surface area (TPSA) is 127 Å². The standard InChI is InChI=1S/C22H20N4O5/c1-13-12-17(6-9-20(13)26(29)30)21(27)25-24-14(2)16-4-7-18(8-5-16)23-22(28)19-10-11-31-15(19)3/h4-12H,1-3H3,(H,23,28)(H,25,27). The first-order valence-electron chi connectivity index (χ1n) is 9.32. The minimum absolute atomic E-state index is 0.0497. The van der Waals surface area contributed by atoms with Gasteiger partial charge in [0.25, 0.3) is 17.5 Å². The summed E-state index contributed by atoms with van der Waals surface area (Å²) in [5.74, 6) is -0.206. The summed E-state index contributed by atoms with van der Waals surface area (Å²) < 4.78 is 5.13. The van der Waals surface area contributed by atoms with Gasteiger partial charge in [-0.1, -0.05) is 12.1 Å². The number of carbonyl (C=O) groups excluding carboxylic acids is 2. The summed E-state index contributed by atoms with van der Waals surface area (Å²) in [5.41, 5.74) is 5.42. The van der Waals surface area contributed by atoms with E-state index in [-0.39, 0.29) is 17.2 Å². The molecule has 0 aliphatic carbocycles. The van der Waals surface area contributed by atoms with E-state index in [0.717, 1.165) is 5.56 Å². The summed E-state index contributed by atoms with van der Waals surface area (Å²) in [6.07, 6.45) is 1.46. The van der Waals surface area contributed by atoms with Crippen LogP contribution >= 0.6 is 0 Å². The van der Waals surface area contributed by atoms with Crippen LogP contribution in [-0.4, -0.2) is 22.4 Å². The second-order valence-corrected chi connectivity index (χ2v) is 6.82. The summed E-state index contributed by atoms with van der Waals surface area (Å²) in [5, 5.41) is 17.8. The van der Waals surface area contributed by atoms with Gasteiger partial charge in [-0.2, -0.15) is 5.10 Å². The number of anilines is 1. The molecule has 1 heterocycles. The van der Waals surface area contributed by atoms with Gasteiger partial charge in [0.15, 0.2) is 0 Å². The molecule has 1 aromatic heterocycles. The van der Waals surface area contributed by atoms with E-state index >= 15 is 0 Å². The van der Waals surface area contributed by atoms with E-state index in [1.165, 1.54) is 24.5 Å². The fourth-order valence-electron chi connectivity index (χ4n) is 2.88. The van der Waals surface area contributed by atoms with E-state index in [9.17, 15) is 19.7 Å². The van der Waals surface area contributed by atoms with Crippen LogP contribution < -0.4 is 10.7 Å². The third kappa shape index (κ3) is 5.02. The fourth-order valence-corrected chi connectivity index (χ4v) is 2.88. The number of nitro benzene ring substituents is 1. The third-order valence-electron chi connectivity index (χ3n) is 4.64. The van der Waals surface area contributed by atoms with E-state index in [0.29, 0.717) is 28.3 Å². The number of amides is 2. The molecule has 0 fully saturated rings. The molecule has 0 spiro atoms. The lowest BCUT2D eigenvalue weighted by Gasteiger charge is -2.07. The highest BCUT2D eigenvalue weighted by Gasteiger charge is 2.14. The van der Waals surface area contributed by atoms with Gasteiger partial charge < -0.3 is 9.73 Å². The zero-order chi connectivity index (χ0) is 22.5. The number of hydrazone groups is 1. The van der Waals surface area contributed by atoms with Gasteiger partial charge in [-0.3, -0.25) is 19.7 Å². The normalized spacial score (nSPS) is 11.1. The number of hydrogen-bond donors (Lipinski definition) is 2. The van der Waals surface area contributed by atoms with Crippen LogP contribution in [-0.2, 0) is 0 Å². The minimum atomic E-state index is -0.498. The van der Waals surface area contributed by atoms with Gasteiger partial charge in [-0.05, 0) is 56.7 Å². The van der Waals surface area contributed by atoms with Crippen LogP contribution in [0.25, 0.3) is 0 Å². The summed E-state index contributed by atoms with van der Waals surface area (Å²) in [6.45, 7) is 5.01. The van der Waals surface area contributed by atoms with Crippen LogP contribution in [0.2, 0.25) is 0 Å². The van der Waals surface area contributed by atoms with E-state index < -0.39 is 10.8 Å². The van der Waals surface area contributed by atoms with Gasteiger partial charge >= 0.3 is 0 Å². The molecule has 9 nitrogen and oxygen atoms in total. The number of hydrogen-bond acceptors (Lipinski definition) is 6. The van der Waals surface area contributed by atoms with Crippen molar-refractivity contribution in [3.05, 3.63) is 92.9 Å². The van der Waals surface area contributed by atoms with Crippen LogP contribution in [0.4, 0.5) is 11.4 Å². The van der Waals surface area contributed by atoms with Crippen LogP contribution in [0.5, 0.6) is 0 Å². The molecule has 0 bridgehead atoms. The molecular weight excluding hydrogens is 400 g/mol. The molecule has 158 valence electrons. The maximum Gasteiger partial charge on any atom is 0.272 e. The van der Waals surface area contributed by atoms with Gasteiger partial charge in [0.1, 0.15) is 5.76 Å². The Kier molecular flexibility index (Phi) is 6.25. The van der Waals surface area contributed by atoms with E-state index in [1.807, 2.05) is 0 Å². The lowest BCUT2D eigenvalue weighted by Crippen LogP contribution is -2.19. The molecule has 9 heteroatoms. The molecular formula is C22H20N4O5. The molecule has 2 N–H and O–H groups in total. The van der Waals surface area contributed by atoms with Gasteiger partial charge in [0.2, 0.25) is 0 Å². The van der Waals surface area contributed by atoms with Gasteiger partial charge in [0.05, 0.1) is 22.5 Å². The Morgan fingerprint density at radius 3 is 2.26 bits per heavy atom. The average Bonchev–Trinajstić information content (AvgIpc) is 3.18. The molecule has 2 amide bonds. The molecule has 0 aliphatic heterocycles. The van der Waals surface area contributed by atoms with Crippen molar-refractivity contribution >= 4 is 28.9 Å². The van der Waals surface area contributed by atoms with Crippen molar-refractivity contribution in [2.24, 2.45) is 5.10 Å². The molecule has 0 aliphatic rings. The van der Waals surface area contributed by atoms with Crippen LogP contribution in [0.15, 0.2) is 64.3 Å². The van der Waals surface area contributed by atoms with Gasteiger partial charge in [-0.25, -0.2) is 5.43 Å². The van der Waals surface area contributed by atoms with E-state index in [2.05, 4.69) is 15.8 Å². The number of rotatable bonds is 6. The molecule has 0 radical (unpaired) electrons. The second-order valence-electron chi connectivity index (χ2n) is 6.82. The van der Waals surface area contributed by atoms with Gasteiger partial charge in [0, 0.05) is 22.9 Å². The summed E-state index contributed by atoms with van der Waals surface area (Å²) in [4.78, 5) is 34.9. The molecule has 0 saturated heterocycles. The Morgan fingerprint density at radius 2 is 1.68 bits per heavy atom. The smallest absolute Gasteiger partial charge is 0.272 e. The molecule has 0 atom stereocenters. The highest BCUT2D eigenvalue weighted by Crippen LogP contribution is 2.19. The average molecular weight is 420 g/mol. The summed E-state index contributed by atoms with van der Waals surface area (Å²) in [6, 6.07) is 12.7. The number of furan rings is 1. The predicted octanol–water partition coefficient (Wildman–Crippen LogP) is 4.21. The maximum atomic E-state index is 12.3. The minimum Gasteiger partial charge on any atom is -0.469 e. The summed E-state index contributed by atoms with van der Waals surface area (Å²) >= 11 is 0. The monoisotopic (exact) mass is 420 g/mol. The highest BCUT2D eigenvalue weighted by molar-refractivity contribution is 6.05. The Bertz CT molecular complexity index is 1180. The van der Waals surface area contributed by atoms with Gasteiger partial charge in [-0.15, -0.1) is 0 Å². The fraction of sp³-hybridized carbons (Fsp3) is 0.136. The Balaban J connectivity index is 1.64. The largest absolute Gasteiger partial charge is 0.469 e. The number of nitro groups is 1. The maximum absolute atomic E-state index is 12.3. The van der Waals surface area contributed by atoms with Crippen molar-refractivity contribution in [3.63, 3.8) is 0 Å². The third-order valence-corrected chi connectivity index (χ3v) is 4.64. The number of carbonyl (C=O) groups is 2. The molecule has 3 aromatic rings. The molecule has 3 rings (SSSR count). The lowest BCUT2D eigenvalue weighted by molar-refractivity contribution is -0.385. The summed E-state index contributed by atoms with van der Waals surface area (Å²) in [7, 11) is 0. The van der Waals surface area contributed by atoms with Crippen LogP contribution in [0.1, 0.15) is 44.5 Å². The zero-order valence-electron chi connectivity index (χ0n) is 17.1. The second kappa shape index (κ2) is 9.04. The van der Waals surface area contributed by atoms with Crippen molar-refractivity contribution in [2.45, 2.75) is 20.8 Å². The number of nitrogens with one attached hydrogen (secondary N) is 2.